The minimum absolute atomic E-state index is 0.107. The maximum absolute atomic E-state index is 12.2. The molecule has 1 aromatic carbocycles. The SMILES string of the molecule is CCc1[nH]nc(N[C@@H]2CCS(=O)(=O)c3ccc(Cl)cc32)c1C. The van der Waals surface area contributed by atoms with Crippen LogP contribution >= 0.6 is 11.6 Å². The Morgan fingerprint density at radius 1 is 1.45 bits per heavy atom. The number of nitrogens with one attached hydrogen (secondary N) is 2. The van der Waals surface area contributed by atoms with Gasteiger partial charge in [0.2, 0.25) is 0 Å². The molecule has 0 bridgehead atoms. The van der Waals surface area contributed by atoms with Crippen molar-refractivity contribution < 1.29 is 8.42 Å². The Bertz CT molecular complexity index is 814. The molecule has 0 fully saturated rings. The number of aromatic amines is 1. The van der Waals surface area contributed by atoms with Crippen LogP contribution in [-0.2, 0) is 16.3 Å². The Hall–Kier alpha value is -1.53. The van der Waals surface area contributed by atoms with Gasteiger partial charge in [-0.2, -0.15) is 5.10 Å². The van der Waals surface area contributed by atoms with Crippen molar-refractivity contribution in [1.82, 2.24) is 10.2 Å². The topological polar surface area (TPSA) is 74.8 Å². The summed E-state index contributed by atoms with van der Waals surface area (Å²) >= 11 is 6.05. The molecule has 0 aliphatic carbocycles. The molecule has 2 aromatic rings. The second-order valence-corrected chi connectivity index (χ2v) is 8.03. The average molecular weight is 340 g/mol. The van der Waals surface area contributed by atoms with Crippen LogP contribution in [0.2, 0.25) is 5.02 Å². The molecule has 1 aromatic heterocycles. The molecule has 0 spiro atoms. The first-order valence-electron chi connectivity index (χ1n) is 7.25. The largest absolute Gasteiger partial charge is 0.361 e. The van der Waals surface area contributed by atoms with Crippen LogP contribution in [0.15, 0.2) is 23.1 Å². The third-order valence-electron chi connectivity index (χ3n) is 4.13. The van der Waals surface area contributed by atoms with Crippen LogP contribution in [0.25, 0.3) is 0 Å². The molecule has 22 heavy (non-hydrogen) atoms. The van der Waals surface area contributed by atoms with Crippen LogP contribution in [0.3, 0.4) is 0 Å². The second kappa shape index (κ2) is 5.59. The van der Waals surface area contributed by atoms with Crippen LogP contribution in [0, 0.1) is 6.92 Å². The van der Waals surface area contributed by atoms with Crippen molar-refractivity contribution in [1.29, 1.82) is 0 Å². The van der Waals surface area contributed by atoms with E-state index in [0.717, 1.165) is 29.1 Å². The van der Waals surface area contributed by atoms with E-state index in [9.17, 15) is 8.42 Å². The van der Waals surface area contributed by atoms with Crippen LogP contribution in [0.4, 0.5) is 5.82 Å². The Morgan fingerprint density at radius 3 is 2.91 bits per heavy atom. The minimum Gasteiger partial charge on any atom is -0.361 e. The third-order valence-corrected chi connectivity index (χ3v) is 6.18. The van der Waals surface area contributed by atoms with E-state index in [4.69, 9.17) is 11.6 Å². The summed E-state index contributed by atoms with van der Waals surface area (Å²) in [6, 6.07) is 4.84. The van der Waals surface area contributed by atoms with Gasteiger partial charge in [0.15, 0.2) is 15.7 Å². The van der Waals surface area contributed by atoms with Gasteiger partial charge in [0, 0.05) is 16.3 Å². The van der Waals surface area contributed by atoms with Crippen molar-refractivity contribution in [3.8, 4) is 0 Å². The van der Waals surface area contributed by atoms with E-state index in [1.807, 2.05) is 6.92 Å². The van der Waals surface area contributed by atoms with E-state index >= 15 is 0 Å². The van der Waals surface area contributed by atoms with Gasteiger partial charge in [-0.1, -0.05) is 18.5 Å². The number of halogens is 1. The highest BCUT2D eigenvalue weighted by Gasteiger charge is 2.31. The smallest absolute Gasteiger partial charge is 0.178 e. The molecule has 1 atom stereocenters. The highest BCUT2D eigenvalue weighted by molar-refractivity contribution is 7.91. The fourth-order valence-electron chi connectivity index (χ4n) is 2.85. The highest BCUT2D eigenvalue weighted by Crippen LogP contribution is 2.36. The van der Waals surface area contributed by atoms with Crippen molar-refractivity contribution in [2.24, 2.45) is 0 Å². The number of aromatic nitrogens is 2. The average Bonchev–Trinajstić information content (AvgIpc) is 2.82. The van der Waals surface area contributed by atoms with Gasteiger partial charge >= 0.3 is 0 Å². The fraction of sp³-hybridized carbons (Fsp3) is 0.400. The predicted molar refractivity (Wildman–Crippen MR) is 87.2 cm³/mol. The molecule has 5 nitrogen and oxygen atoms in total. The Kier molecular flexibility index (Phi) is 3.91. The zero-order valence-corrected chi connectivity index (χ0v) is 14.1. The Morgan fingerprint density at radius 2 is 2.23 bits per heavy atom. The van der Waals surface area contributed by atoms with Crippen molar-refractivity contribution in [2.75, 3.05) is 11.1 Å². The van der Waals surface area contributed by atoms with E-state index in [1.54, 1.807) is 18.2 Å². The van der Waals surface area contributed by atoms with Gasteiger partial charge in [0.25, 0.3) is 0 Å². The first kappa shape index (κ1) is 15.4. The van der Waals surface area contributed by atoms with E-state index in [2.05, 4.69) is 22.4 Å². The number of sulfone groups is 1. The summed E-state index contributed by atoms with van der Waals surface area (Å²) in [5.41, 5.74) is 2.87. The van der Waals surface area contributed by atoms with Crippen molar-refractivity contribution in [3.05, 3.63) is 40.0 Å². The lowest BCUT2D eigenvalue weighted by molar-refractivity contribution is 0.575. The van der Waals surface area contributed by atoms with Crippen LogP contribution in [0.5, 0.6) is 0 Å². The molecule has 2 heterocycles. The molecule has 0 amide bonds. The van der Waals surface area contributed by atoms with Gasteiger partial charge in [0.05, 0.1) is 16.7 Å². The zero-order chi connectivity index (χ0) is 15.9. The molecule has 118 valence electrons. The molecule has 0 unspecified atom stereocenters. The summed E-state index contributed by atoms with van der Waals surface area (Å²) in [6.45, 7) is 4.07. The lowest BCUT2D eigenvalue weighted by atomic mass is 10.0. The normalized spacial score (nSPS) is 19.7. The molecule has 1 aliphatic rings. The zero-order valence-electron chi connectivity index (χ0n) is 12.5. The molecular formula is C15H18ClN3O2S. The molecular weight excluding hydrogens is 322 g/mol. The molecule has 0 saturated heterocycles. The number of hydrogen-bond donors (Lipinski definition) is 2. The fourth-order valence-corrected chi connectivity index (χ4v) is 4.63. The number of fused-ring (bicyclic) bond motifs is 1. The van der Waals surface area contributed by atoms with E-state index in [-0.39, 0.29) is 11.8 Å². The lowest BCUT2D eigenvalue weighted by Crippen LogP contribution is -2.25. The number of rotatable bonds is 3. The molecule has 2 N–H and O–H groups in total. The van der Waals surface area contributed by atoms with E-state index < -0.39 is 9.84 Å². The second-order valence-electron chi connectivity index (χ2n) is 5.52. The lowest BCUT2D eigenvalue weighted by Gasteiger charge is -2.26. The summed E-state index contributed by atoms with van der Waals surface area (Å²) in [5, 5.41) is 11.2. The van der Waals surface area contributed by atoms with Gasteiger partial charge in [0.1, 0.15) is 0 Å². The summed E-state index contributed by atoms with van der Waals surface area (Å²) in [7, 11) is -3.22. The van der Waals surface area contributed by atoms with E-state index in [1.165, 1.54) is 0 Å². The molecule has 1 aliphatic heterocycles. The number of aryl methyl sites for hydroxylation is 1. The number of anilines is 1. The number of benzene rings is 1. The van der Waals surface area contributed by atoms with Gasteiger partial charge in [-0.25, -0.2) is 8.42 Å². The van der Waals surface area contributed by atoms with Crippen molar-refractivity contribution in [2.45, 2.75) is 37.6 Å². The molecule has 7 heteroatoms. The van der Waals surface area contributed by atoms with Crippen LogP contribution in [0.1, 0.15) is 36.2 Å². The summed E-state index contributed by atoms with van der Waals surface area (Å²) in [6.07, 6.45) is 1.38. The van der Waals surface area contributed by atoms with Crippen LogP contribution in [-0.4, -0.2) is 24.4 Å². The number of hydrogen-bond acceptors (Lipinski definition) is 4. The monoisotopic (exact) mass is 339 g/mol. The quantitative estimate of drug-likeness (QED) is 0.900. The van der Waals surface area contributed by atoms with Gasteiger partial charge in [-0.3, -0.25) is 5.10 Å². The Balaban J connectivity index is 1.99. The Labute approximate surface area is 135 Å². The maximum atomic E-state index is 12.2. The number of H-pyrrole nitrogens is 1. The number of nitrogens with zero attached hydrogens (tertiary/aromatic N) is 1. The first-order chi connectivity index (χ1) is 10.4. The van der Waals surface area contributed by atoms with Gasteiger partial charge in [-0.15, -0.1) is 0 Å². The molecule has 3 rings (SSSR count). The first-order valence-corrected chi connectivity index (χ1v) is 9.28. The van der Waals surface area contributed by atoms with E-state index in [0.29, 0.717) is 16.3 Å². The van der Waals surface area contributed by atoms with Crippen molar-refractivity contribution in [3.63, 3.8) is 0 Å². The molecule has 0 saturated carbocycles. The molecule has 0 radical (unpaired) electrons. The maximum Gasteiger partial charge on any atom is 0.178 e. The van der Waals surface area contributed by atoms with Gasteiger partial charge < -0.3 is 5.32 Å². The predicted octanol–water partition coefficient (Wildman–Crippen LogP) is 3.26. The highest BCUT2D eigenvalue weighted by atomic mass is 35.5. The summed E-state index contributed by atoms with van der Waals surface area (Å²) in [4.78, 5) is 0.365. The summed E-state index contributed by atoms with van der Waals surface area (Å²) < 4.78 is 24.4. The van der Waals surface area contributed by atoms with Gasteiger partial charge in [-0.05, 0) is 43.5 Å². The third kappa shape index (κ3) is 2.61. The van der Waals surface area contributed by atoms with Crippen LogP contribution < -0.4 is 5.32 Å². The standard InChI is InChI=1S/C15H18ClN3O2S/c1-3-12-9(2)15(19-18-12)17-13-6-7-22(20,21)14-5-4-10(16)8-11(13)14/h4-5,8,13H,3,6-7H2,1-2H3,(H2,17,18,19)/t13-/m1/s1. The van der Waals surface area contributed by atoms with Crippen molar-refractivity contribution >= 4 is 27.3 Å². The minimum atomic E-state index is -3.22. The summed E-state index contributed by atoms with van der Waals surface area (Å²) in [5.74, 6) is 0.899.